The molecule has 1 amide bonds. The van der Waals surface area contributed by atoms with Gasteiger partial charge in [-0.05, 0) is 77.0 Å². The van der Waals surface area contributed by atoms with E-state index in [1.54, 1.807) is 30.3 Å². The third kappa shape index (κ3) is 5.61. The Morgan fingerprint density at radius 2 is 1.82 bits per heavy atom. The molecular formula is C25H18BrCl2NO3S2. The molecule has 1 saturated heterocycles. The van der Waals surface area contributed by atoms with E-state index in [2.05, 4.69) is 15.9 Å². The Kier molecular flexibility index (Phi) is 8.22. The van der Waals surface area contributed by atoms with Crippen molar-refractivity contribution in [1.82, 2.24) is 0 Å². The molecule has 1 aliphatic heterocycles. The fraction of sp³-hybridized carbons (Fsp3) is 0.120. The molecule has 4 nitrogen and oxygen atoms in total. The zero-order valence-electron chi connectivity index (χ0n) is 17.9. The van der Waals surface area contributed by atoms with Crippen LogP contribution in [0.4, 0.5) is 5.69 Å². The molecule has 0 saturated carbocycles. The van der Waals surface area contributed by atoms with Crippen LogP contribution in [0.25, 0.3) is 6.08 Å². The van der Waals surface area contributed by atoms with Gasteiger partial charge in [0.05, 0.1) is 21.7 Å². The quantitative estimate of drug-likeness (QED) is 0.204. The molecule has 0 aliphatic carbocycles. The van der Waals surface area contributed by atoms with E-state index in [9.17, 15) is 4.79 Å². The van der Waals surface area contributed by atoms with Crippen LogP contribution in [-0.2, 0) is 11.4 Å². The van der Waals surface area contributed by atoms with Crippen molar-refractivity contribution >= 4 is 85.1 Å². The molecule has 1 aliphatic rings. The van der Waals surface area contributed by atoms with Crippen LogP contribution in [-0.4, -0.2) is 16.8 Å². The van der Waals surface area contributed by atoms with Gasteiger partial charge in [0.15, 0.2) is 15.8 Å². The first-order chi connectivity index (χ1) is 16.4. The molecule has 0 bridgehead atoms. The number of thiocarbonyl (C=S) groups is 1. The molecule has 1 heterocycles. The van der Waals surface area contributed by atoms with Gasteiger partial charge in [-0.25, -0.2) is 0 Å². The van der Waals surface area contributed by atoms with Crippen molar-refractivity contribution in [3.8, 4) is 11.5 Å². The maximum Gasteiger partial charge on any atom is 0.270 e. The number of hydrogen-bond donors (Lipinski definition) is 0. The SMILES string of the molecule is CCOc1cc(/C=C2\SC(=S)N(c3ccc(Cl)cc3)C2=O)cc(Br)c1OCc1ccccc1Cl. The fourth-order valence-electron chi connectivity index (χ4n) is 3.27. The van der Waals surface area contributed by atoms with E-state index in [4.69, 9.17) is 44.9 Å². The van der Waals surface area contributed by atoms with Gasteiger partial charge in [0.2, 0.25) is 0 Å². The summed E-state index contributed by atoms with van der Waals surface area (Å²) < 4.78 is 13.0. The van der Waals surface area contributed by atoms with E-state index < -0.39 is 0 Å². The maximum absolute atomic E-state index is 13.1. The normalized spacial score (nSPS) is 14.7. The van der Waals surface area contributed by atoms with Gasteiger partial charge in [-0.3, -0.25) is 9.69 Å². The number of thioether (sulfide) groups is 1. The van der Waals surface area contributed by atoms with E-state index in [0.717, 1.165) is 11.1 Å². The van der Waals surface area contributed by atoms with Crippen molar-refractivity contribution in [2.45, 2.75) is 13.5 Å². The summed E-state index contributed by atoms with van der Waals surface area (Å²) in [5.74, 6) is 0.932. The van der Waals surface area contributed by atoms with Gasteiger partial charge in [-0.2, -0.15) is 0 Å². The van der Waals surface area contributed by atoms with Crippen LogP contribution in [0.3, 0.4) is 0 Å². The number of carbonyl (C=O) groups excluding carboxylic acids is 1. The largest absolute Gasteiger partial charge is 0.490 e. The lowest BCUT2D eigenvalue weighted by Crippen LogP contribution is -2.27. The smallest absolute Gasteiger partial charge is 0.270 e. The molecule has 3 aromatic rings. The van der Waals surface area contributed by atoms with Crippen LogP contribution in [0.2, 0.25) is 10.0 Å². The van der Waals surface area contributed by atoms with Gasteiger partial charge >= 0.3 is 0 Å². The molecule has 3 aromatic carbocycles. The minimum Gasteiger partial charge on any atom is -0.490 e. The number of hydrogen-bond acceptors (Lipinski definition) is 5. The summed E-state index contributed by atoms with van der Waals surface area (Å²) >= 11 is 22.5. The van der Waals surface area contributed by atoms with Crippen LogP contribution >= 0.6 is 63.1 Å². The summed E-state index contributed by atoms with van der Waals surface area (Å²) in [6.07, 6.45) is 1.79. The van der Waals surface area contributed by atoms with Gasteiger partial charge in [0, 0.05) is 15.6 Å². The molecule has 34 heavy (non-hydrogen) atoms. The second kappa shape index (κ2) is 11.1. The van der Waals surface area contributed by atoms with Crippen LogP contribution < -0.4 is 14.4 Å². The first-order valence-corrected chi connectivity index (χ1v) is 13.0. The average Bonchev–Trinajstić information content (AvgIpc) is 3.08. The summed E-state index contributed by atoms with van der Waals surface area (Å²) in [6, 6.07) is 18.2. The number of benzene rings is 3. The second-order valence-corrected chi connectivity index (χ2v) is 10.5. The second-order valence-electron chi connectivity index (χ2n) is 7.14. The summed E-state index contributed by atoms with van der Waals surface area (Å²) in [5.41, 5.74) is 2.32. The molecule has 9 heteroatoms. The zero-order valence-corrected chi connectivity index (χ0v) is 22.6. The highest BCUT2D eigenvalue weighted by Crippen LogP contribution is 2.41. The standard InChI is InChI=1S/C25H18BrCl2NO3S2/c1-2-31-21-12-15(11-19(26)23(21)32-14-16-5-3-4-6-20(16)28)13-22-24(30)29(25(33)34-22)18-9-7-17(27)8-10-18/h3-13H,2,14H2,1H3/b22-13-. The van der Waals surface area contributed by atoms with E-state index in [0.29, 0.717) is 47.5 Å². The van der Waals surface area contributed by atoms with Crippen molar-refractivity contribution in [3.05, 3.63) is 91.2 Å². The highest BCUT2D eigenvalue weighted by Gasteiger charge is 2.33. The van der Waals surface area contributed by atoms with Crippen molar-refractivity contribution in [3.63, 3.8) is 0 Å². The monoisotopic (exact) mass is 593 g/mol. The highest BCUT2D eigenvalue weighted by molar-refractivity contribution is 9.10. The first-order valence-electron chi connectivity index (χ1n) is 10.2. The lowest BCUT2D eigenvalue weighted by molar-refractivity contribution is -0.113. The number of rotatable bonds is 7. The van der Waals surface area contributed by atoms with Crippen LogP contribution in [0.1, 0.15) is 18.1 Å². The van der Waals surface area contributed by atoms with Gasteiger partial charge in [0.25, 0.3) is 5.91 Å². The molecular weight excluding hydrogens is 577 g/mol. The fourth-order valence-corrected chi connectivity index (χ4v) is 5.46. The van der Waals surface area contributed by atoms with Crippen molar-refractivity contribution in [2.75, 3.05) is 11.5 Å². The van der Waals surface area contributed by atoms with E-state index in [1.807, 2.05) is 43.3 Å². The van der Waals surface area contributed by atoms with E-state index >= 15 is 0 Å². The van der Waals surface area contributed by atoms with Crippen molar-refractivity contribution in [2.24, 2.45) is 0 Å². The van der Waals surface area contributed by atoms with Crippen LogP contribution in [0.5, 0.6) is 11.5 Å². The van der Waals surface area contributed by atoms with Gasteiger partial charge in [-0.1, -0.05) is 65.4 Å². The topological polar surface area (TPSA) is 38.8 Å². The molecule has 0 N–H and O–H groups in total. The Morgan fingerprint density at radius 3 is 2.53 bits per heavy atom. The maximum atomic E-state index is 13.1. The van der Waals surface area contributed by atoms with Gasteiger partial charge in [0.1, 0.15) is 6.61 Å². The summed E-state index contributed by atoms with van der Waals surface area (Å²) in [7, 11) is 0. The predicted molar refractivity (Wildman–Crippen MR) is 148 cm³/mol. The molecule has 0 aromatic heterocycles. The molecule has 0 spiro atoms. The van der Waals surface area contributed by atoms with Crippen LogP contribution in [0.15, 0.2) is 70.0 Å². The Morgan fingerprint density at radius 1 is 1.09 bits per heavy atom. The average molecular weight is 595 g/mol. The van der Waals surface area contributed by atoms with Gasteiger partial charge < -0.3 is 9.47 Å². The Hall–Kier alpha value is -2.03. The Balaban J connectivity index is 1.60. The molecule has 4 rings (SSSR count). The number of halogens is 3. The third-order valence-corrected chi connectivity index (χ3v) is 7.35. The van der Waals surface area contributed by atoms with Gasteiger partial charge in [-0.15, -0.1) is 0 Å². The number of anilines is 1. The van der Waals surface area contributed by atoms with E-state index in [-0.39, 0.29) is 12.5 Å². The van der Waals surface area contributed by atoms with E-state index in [1.165, 1.54) is 16.7 Å². The lowest BCUT2D eigenvalue weighted by Gasteiger charge is -2.15. The molecule has 0 radical (unpaired) electrons. The first kappa shape index (κ1) is 25.1. The Bertz CT molecular complexity index is 1280. The highest BCUT2D eigenvalue weighted by atomic mass is 79.9. The predicted octanol–water partition coefficient (Wildman–Crippen LogP) is 8.14. The molecule has 174 valence electrons. The molecule has 0 atom stereocenters. The summed E-state index contributed by atoms with van der Waals surface area (Å²) in [4.78, 5) is 15.1. The summed E-state index contributed by atoms with van der Waals surface area (Å²) in [5, 5.41) is 1.23. The van der Waals surface area contributed by atoms with Crippen molar-refractivity contribution in [1.29, 1.82) is 0 Å². The zero-order chi connectivity index (χ0) is 24.2. The number of nitrogens with zero attached hydrogens (tertiary/aromatic N) is 1. The lowest BCUT2D eigenvalue weighted by atomic mass is 10.1. The minimum atomic E-state index is -0.189. The summed E-state index contributed by atoms with van der Waals surface area (Å²) in [6.45, 7) is 2.64. The van der Waals surface area contributed by atoms with Crippen LogP contribution in [0, 0.1) is 0 Å². The number of carbonyl (C=O) groups is 1. The molecule has 0 unspecified atom stereocenters. The Labute approximate surface area is 226 Å². The minimum absolute atomic E-state index is 0.189. The number of ether oxygens (including phenoxy) is 2. The molecule has 1 fully saturated rings. The van der Waals surface area contributed by atoms with Crippen molar-refractivity contribution < 1.29 is 14.3 Å². The third-order valence-electron chi connectivity index (χ3n) is 4.84. The number of amides is 1.